The maximum Gasteiger partial charge on any atom is 0.357 e. The Bertz CT molecular complexity index is 1210. The van der Waals surface area contributed by atoms with Crippen LogP contribution in [0.4, 0.5) is 11.4 Å². The number of para-hydroxylation sites is 1. The summed E-state index contributed by atoms with van der Waals surface area (Å²) in [5.41, 5.74) is 0.207. The number of aromatic nitrogens is 1. The number of rotatable bonds is 5. The maximum atomic E-state index is 13.2. The highest BCUT2D eigenvalue weighted by Crippen LogP contribution is 2.36. The summed E-state index contributed by atoms with van der Waals surface area (Å²) < 4.78 is 1.57. The molecular formula is C22H22N4O4S. The second-order valence-corrected chi connectivity index (χ2v) is 9.03. The number of hydrogen-bond donors (Lipinski definition) is 0. The second kappa shape index (κ2) is 7.81. The minimum Gasteiger partial charge on any atom is -0.362 e. The molecule has 2 aromatic heterocycles. The molecule has 1 aromatic carbocycles. The highest BCUT2D eigenvalue weighted by atomic mass is 32.1. The van der Waals surface area contributed by atoms with Gasteiger partial charge in [0.05, 0.1) is 15.3 Å². The predicted molar refractivity (Wildman–Crippen MR) is 120 cm³/mol. The Labute approximate surface area is 182 Å². The fourth-order valence-electron chi connectivity index (χ4n) is 4.29. The standard InChI is InChI=1S/C22H22N4O4S/c27-21(18-6-3-13-31-18)24-11-9-23(10-12-24)19-16-4-1-2-5-17(16)25(14-15-7-8-15)22(28)20(19)26(29)30/h1-6,13,15H,7-12,14H2. The summed E-state index contributed by atoms with van der Waals surface area (Å²) in [4.78, 5) is 41.7. The number of thiophene rings is 1. The number of carbonyl (C=O) groups is 1. The zero-order valence-electron chi connectivity index (χ0n) is 16.9. The molecular weight excluding hydrogens is 416 g/mol. The lowest BCUT2D eigenvalue weighted by atomic mass is 10.1. The molecule has 0 unspecified atom stereocenters. The average molecular weight is 439 g/mol. The predicted octanol–water partition coefficient (Wildman–Crippen LogP) is 3.34. The Morgan fingerprint density at radius 1 is 1.10 bits per heavy atom. The van der Waals surface area contributed by atoms with Crippen molar-refractivity contribution in [1.82, 2.24) is 9.47 Å². The Hall–Kier alpha value is -3.20. The third-order valence-corrected chi connectivity index (χ3v) is 6.92. The first-order valence-corrected chi connectivity index (χ1v) is 11.3. The molecule has 1 amide bonds. The molecule has 9 heteroatoms. The van der Waals surface area contributed by atoms with Gasteiger partial charge in [-0.3, -0.25) is 19.7 Å². The molecule has 2 aliphatic rings. The molecule has 0 spiro atoms. The highest BCUT2D eigenvalue weighted by Gasteiger charge is 2.33. The van der Waals surface area contributed by atoms with Crippen LogP contribution < -0.4 is 10.5 Å². The number of pyridine rings is 1. The van der Waals surface area contributed by atoms with Crippen molar-refractivity contribution in [2.75, 3.05) is 31.1 Å². The number of anilines is 1. The molecule has 1 saturated heterocycles. The van der Waals surface area contributed by atoms with Gasteiger partial charge in [-0.15, -0.1) is 11.3 Å². The number of nitro groups is 1. The largest absolute Gasteiger partial charge is 0.362 e. The topological polar surface area (TPSA) is 88.7 Å². The van der Waals surface area contributed by atoms with Crippen LogP contribution in [0.5, 0.6) is 0 Å². The van der Waals surface area contributed by atoms with Crippen molar-refractivity contribution < 1.29 is 9.72 Å². The molecule has 3 heterocycles. The van der Waals surface area contributed by atoms with Crippen molar-refractivity contribution in [3.8, 4) is 0 Å². The van der Waals surface area contributed by atoms with Crippen molar-refractivity contribution in [3.05, 3.63) is 67.1 Å². The molecule has 0 radical (unpaired) electrons. The third kappa shape index (κ3) is 3.59. The summed E-state index contributed by atoms with van der Waals surface area (Å²) in [5.74, 6) is 0.396. The van der Waals surface area contributed by atoms with Crippen molar-refractivity contribution in [2.24, 2.45) is 5.92 Å². The Kier molecular flexibility index (Phi) is 4.97. The number of fused-ring (bicyclic) bond motifs is 1. The van der Waals surface area contributed by atoms with Gasteiger partial charge in [-0.1, -0.05) is 24.3 Å². The van der Waals surface area contributed by atoms with Gasteiger partial charge in [0.2, 0.25) is 0 Å². The van der Waals surface area contributed by atoms with E-state index in [-0.39, 0.29) is 11.6 Å². The fourth-order valence-corrected chi connectivity index (χ4v) is 4.98. The van der Waals surface area contributed by atoms with Crippen LogP contribution in [0.15, 0.2) is 46.6 Å². The molecule has 1 aliphatic carbocycles. The molecule has 160 valence electrons. The zero-order chi connectivity index (χ0) is 21.5. The third-order valence-electron chi connectivity index (χ3n) is 6.06. The second-order valence-electron chi connectivity index (χ2n) is 8.09. The van der Waals surface area contributed by atoms with E-state index >= 15 is 0 Å². The Morgan fingerprint density at radius 3 is 2.48 bits per heavy atom. The van der Waals surface area contributed by atoms with Gasteiger partial charge in [0.25, 0.3) is 5.91 Å². The van der Waals surface area contributed by atoms with Crippen LogP contribution in [0.25, 0.3) is 10.9 Å². The van der Waals surface area contributed by atoms with E-state index in [0.717, 1.165) is 18.4 Å². The highest BCUT2D eigenvalue weighted by molar-refractivity contribution is 7.12. The van der Waals surface area contributed by atoms with Crippen LogP contribution in [0.1, 0.15) is 22.5 Å². The van der Waals surface area contributed by atoms with E-state index in [4.69, 9.17) is 0 Å². The number of hydrogen-bond acceptors (Lipinski definition) is 6. The number of piperazine rings is 1. The molecule has 0 bridgehead atoms. The quantitative estimate of drug-likeness (QED) is 0.450. The first kappa shape index (κ1) is 19.7. The van der Waals surface area contributed by atoms with Gasteiger partial charge >= 0.3 is 11.2 Å². The smallest absolute Gasteiger partial charge is 0.357 e. The SMILES string of the molecule is O=C(c1cccs1)N1CCN(c2c([N+](=O)[O-])c(=O)n(CC3CC3)c3ccccc23)CC1. The van der Waals surface area contributed by atoms with E-state index in [1.807, 2.05) is 40.6 Å². The van der Waals surface area contributed by atoms with Crippen LogP contribution in [0, 0.1) is 16.0 Å². The van der Waals surface area contributed by atoms with Crippen LogP contribution in [-0.4, -0.2) is 46.5 Å². The lowest BCUT2D eigenvalue weighted by molar-refractivity contribution is -0.385. The average Bonchev–Trinajstić information content (AvgIpc) is 3.43. The number of carbonyl (C=O) groups excluding carboxylic acids is 1. The van der Waals surface area contributed by atoms with Crippen molar-refractivity contribution >= 4 is 39.5 Å². The van der Waals surface area contributed by atoms with E-state index in [1.165, 1.54) is 11.3 Å². The molecule has 0 atom stereocenters. The molecule has 0 N–H and O–H groups in total. The van der Waals surface area contributed by atoms with Gasteiger partial charge < -0.3 is 14.4 Å². The monoisotopic (exact) mass is 438 g/mol. The van der Waals surface area contributed by atoms with E-state index in [1.54, 1.807) is 15.5 Å². The van der Waals surface area contributed by atoms with Crippen LogP contribution in [-0.2, 0) is 6.54 Å². The van der Waals surface area contributed by atoms with Crippen molar-refractivity contribution in [2.45, 2.75) is 19.4 Å². The number of benzene rings is 1. The molecule has 31 heavy (non-hydrogen) atoms. The zero-order valence-corrected chi connectivity index (χ0v) is 17.7. The van der Waals surface area contributed by atoms with E-state index in [2.05, 4.69) is 0 Å². The minimum atomic E-state index is -0.545. The summed E-state index contributed by atoms with van der Waals surface area (Å²) >= 11 is 1.41. The summed E-state index contributed by atoms with van der Waals surface area (Å²) in [6.45, 7) is 2.30. The molecule has 5 rings (SSSR count). The summed E-state index contributed by atoms with van der Waals surface area (Å²) in [7, 11) is 0. The molecule has 1 aliphatic heterocycles. The maximum absolute atomic E-state index is 13.2. The van der Waals surface area contributed by atoms with Gasteiger partial charge in [0.1, 0.15) is 5.69 Å². The van der Waals surface area contributed by atoms with Crippen molar-refractivity contribution in [3.63, 3.8) is 0 Å². The van der Waals surface area contributed by atoms with Gasteiger partial charge in [-0.25, -0.2) is 0 Å². The molecule has 8 nitrogen and oxygen atoms in total. The molecule has 1 saturated carbocycles. The van der Waals surface area contributed by atoms with Crippen LogP contribution in [0.2, 0.25) is 0 Å². The number of amides is 1. The van der Waals surface area contributed by atoms with Crippen molar-refractivity contribution in [1.29, 1.82) is 0 Å². The van der Waals surface area contributed by atoms with Crippen LogP contribution >= 0.6 is 11.3 Å². The number of nitrogens with zero attached hydrogens (tertiary/aromatic N) is 4. The van der Waals surface area contributed by atoms with Gasteiger partial charge in [-0.2, -0.15) is 0 Å². The Morgan fingerprint density at radius 2 is 1.84 bits per heavy atom. The van der Waals surface area contributed by atoms with Crippen LogP contribution in [0.3, 0.4) is 0 Å². The molecule has 2 fully saturated rings. The lowest BCUT2D eigenvalue weighted by Gasteiger charge is -2.36. The summed E-state index contributed by atoms with van der Waals surface area (Å²) in [6.07, 6.45) is 2.10. The Balaban J connectivity index is 1.52. The molecule has 3 aromatic rings. The van der Waals surface area contributed by atoms with E-state index in [9.17, 15) is 19.7 Å². The van der Waals surface area contributed by atoms with Gasteiger partial charge in [0.15, 0.2) is 0 Å². The first-order valence-electron chi connectivity index (χ1n) is 10.4. The summed E-state index contributed by atoms with van der Waals surface area (Å²) in [6, 6.07) is 11.1. The lowest BCUT2D eigenvalue weighted by Crippen LogP contribution is -2.49. The van der Waals surface area contributed by atoms with E-state index in [0.29, 0.717) is 54.6 Å². The van der Waals surface area contributed by atoms with Gasteiger partial charge in [-0.05, 0) is 36.3 Å². The fraction of sp³-hybridized carbons (Fsp3) is 0.364. The minimum absolute atomic E-state index is 0.0196. The summed E-state index contributed by atoms with van der Waals surface area (Å²) in [5, 5.41) is 14.6. The normalized spacial score (nSPS) is 16.6. The first-order chi connectivity index (χ1) is 15.0. The van der Waals surface area contributed by atoms with E-state index < -0.39 is 10.5 Å². The van der Waals surface area contributed by atoms with Gasteiger partial charge in [0, 0.05) is 38.1 Å².